The molecule has 1 spiro atoms. The summed E-state index contributed by atoms with van der Waals surface area (Å²) < 4.78 is 0. The summed E-state index contributed by atoms with van der Waals surface area (Å²) in [4.78, 5) is 15.7. The summed E-state index contributed by atoms with van der Waals surface area (Å²) >= 11 is 1.53. The van der Waals surface area contributed by atoms with Crippen LogP contribution in [0.1, 0.15) is 22.5 Å². The largest absolute Gasteiger partial charge is 0.376 e. The van der Waals surface area contributed by atoms with Crippen LogP contribution in [0.25, 0.3) is 0 Å². The van der Waals surface area contributed by atoms with Gasteiger partial charge in [0.25, 0.3) is 0 Å². The second-order valence-corrected chi connectivity index (χ2v) is 7.38. The fourth-order valence-electron chi connectivity index (χ4n) is 3.65. The van der Waals surface area contributed by atoms with Crippen LogP contribution < -0.4 is 15.5 Å². The quantitative estimate of drug-likeness (QED) is 0.851. The summed E-state index contributed by atoms with van der Waals surface area (Å²) in [7, 11) is 0. The van der Waals surface area contributed by atoms with Crippen LogP contribution in [0.3, 0.4) is 0 Å². The van der Waals surface area contributed by atoms with Gasteiger partial charge in [-0.1, -0.05) is 18.2 Å². The molecule has 3 heterocycles. The van der Waals surface area contributed by atoms with Crippen molar-refractivity contribution in [3.05, 3.63) is 46.7 Å². The van der Waals surface area contributed by atoms with Gasteiger partial charge in [0.05, 0.1) is 28.3 Å². The van der Waals surface area contributed by atoms with Crippen molar-refractivity contribution >= 4 is 28.5 Å². The normalized spacial score (nSPS) is 19.2. The zero-order chi connectivity index (χ0) is 15.7. The molecule has 0 bridgehead atoms. The lowest BCUT2D eigenvalue weighted by Crippen LogP contribution is -2.58. The van der Waals surface area contributed by atoms with E-state index in [4.69, 9.17) is 0 Å². The van der Waals surface area contributed by atoms with Gasteiger partial charge in [0, 0.05) is 6.54 Å². The number of rotatable bonds is 3. The fourth-order valence-corrected chi connectivity index (χ4v) is 4.31. The molecule has 1 fully saturated rings. The Labute approximate surface area is 140 Å². The van der Waals surface area contributed by atoms with E-state index in [-0.39, 0.29) is 11.3 Å². The van der Waals surface area contributed by atoms with E-state index in [0.29, 0.717) is 6.54 Å². The number of hydrogen-bond acceptors (Lipinski definition) is 5. The average Bonchev–Trinajstić information content (AvgIpc) is 3.10. The van der Waals surface area contributed by atoms with Gasteiger partial charge in [-0.3, -0.25) is 4.79 Å². The summed E-state index contributed by atoms with van der Waals surface area (Å²) in [6.07, 6.45) is 2.18. The van der Waals surface area contributed by atoms with Crippen LogP contribution >= 0.6 is 11.3 Å². The third-order valence-electron chi connectivity index (χ3n) is 4.83. The molecule has 2 N–H and O–H groups in total. The van der Waals surface area contributed by atoms with Gasteiger partial charge in [0.2, 0.25) is 0 Å². The van der Waals surface area contributed by atoms with Crippen molar-refractivity contribution < 1.29 is 4.79 Å². The monoisotopic (exact) mass is 327 g/mol. The highest BCUT2D eigenvalue weighted by molar-refractivity contribution is 7.12. The first-order chi connectivity index (χ1) is 11.3. The van der Waals surface area contributed by atoms with Crippen LogP contribution in [0.2, 0.25) is 0 Å². The van der Waals surface area contributed by atoms with Gasteiger partial charge in [-0.2, -0.15) is 0 Å². The van der Waals surface area contributed by atoms with E-state index in [0.717, 1.165) is 48.7 Å². The Balaban J connectivity index is 1.63. The molecule has 1 aromatic heterocycles. The molecule has 0 atom stereocenters. The molecule has 2 aliphatic heterocycles. The molecule has 0 saturated carbocycles. The summed E-state index contributed by atoms with van der Waals surface area (Å²) in [5, 5.41) is 9.16. The first-order valence-electron chi connectivity index (χ1n) is 8.15. The third kappa shape index (κ3) is 2.86. The second kappa shape index (κ2) is 5.98. The number of benzene rings is 1. The first kappa shape index (κ1) is 14.7. The zero-order valence-corrected chi connectivity index (χ0v) is 13.9. The van der Waals surface area contributed by atoms with Crippen LogP contribution in [-0.4, -0.2) is 37.5 Å². The number of hydrogen-bond donors (Lipinski definition) is 2. The van der Waals surface area contributed by atoms with Crippen LogP contribution in [0.15, 0.2) is 41.8 Å². The molecule has 1 saturated heterocycles. The number of thiophene rings is 1. The Morgan fingerprint density at radius 3 is 2.78 bits per heavy atom. The lowest BCUT2D eigenvalue weighted by Gasteiger charge is -2.47. The van der Waals surface area contributed by atoms with E-state index in [9.17, 15) is 4.79 Å². The molecule has 2 aliphatic rings. The number of piperidine rings is 1. The zero-order valence-electron chi connectivity index (χ0n) is 13.0. The minimum atomic E-state index is 0.0787. The van der Waals surface area contributed by atoms with Crippen LogP contribution in [0.4, 0.5) is 11.4 Å². The molecule has 4 nitrogen and oxygen atoms in total. The van der Waals surface area contributed by atoms with E-state index in [1.54, 1.807) is 0 Å². The molecule has 0 aliphatic carbocycles. The minimum Gasteiger partial charge on any atom is -0.376 e. The van der Waals surface area contributed by atoms with Crippen LogP contribution in [-0.2, 0) is 0 Å². The number of Topliss-reactive ketones (excluding diaryl/α,β-unsaturated/α-hetero) is 1. The molecule has 5 heteroatoms. The topological polar surface area (TPSA) is 44.4 Å². The first-order valence-corrected chi connectivity index (χ1v) is 9.03. The Bertz CT molecular complexity index is 692. The van der Waals surface area contributed by atoms with Gasteiger partial charge >= 0.3 is 0 Å². The van der Waals surface area contributed by atoms with Crippen LogP contribution in [0, 0.1) is 0 Å². The molecule has 0 amide bonds. The van der Waals surface area contributed by atoms with Crippen molar-refractivity contribution in [2.45, 2.75) is 18.4 Å². The number of nitrogens with one attached hydrogen (secondary N) is 2. The molecule has 4 rings (SSSR count). The highest BCUT2D eigenvalue weighted by atomic mass is 32.1. The molecule has 0 radical (unpaired) electrons. The average molecular weight is 327 g/mol. The predicted octanol–water partition coefficient (Wildman–Crippen LogP) is 2.99. The lowest BCUT2D eigenvalue weighted by molar-refractivity contribution is 0.100. The van der Waals surface area contributed by atoms with E-state index < -0.39 is 0 Å². The number of para-hydroxylation sites is 2. The molecule has 1 aromatic carbocycles. The van der Waals surface area contributed by atoms with Gasteiger partial charge in [-0.05, 0) is 49.5 Å². The van der Waals surface area contributed by atoms with Gasteiger partial charge < -0.3 is 15.5 Å². The molecule has 0 unspecified atom stereocenters. The van der Waals surface area contributed by atoms with Crippen LogP contribution in [0.5, 0.6) is 0 Å². The fraction of sp³-hybridized carbons (Fsp3) is 0.389. The maximum Gasteiger partial charge on any atom is 0.191 e. The standard InChI is InChI=1S/C18H21N3OS/c22-16(17-6-3-11-23-17)12-21-13-18(7-9-19-10-8-18)20-14-4-1-2-5-15(14)21/h1-6,11,19-20H,7-10,12-13H2. The van der Waals surface area contributed by atoms with Gasteiger partial charge in [-0.15, -0.1) is 11.3 Å². The number of anilines is 2. The SMILES string of the molecule is O=C(CN1CC2(CCNCC2)Nc2ccccc21)c1cccs1. The maximum atomic E-state index is 12.6. The van der Waals surface area contributed by atoms with E-state index >= 15 is 0 Å². The maximum absolute atomic E-state index is 12.6. The van der Waals surface area contributed by atoms with Gasteiger partial charge in [0.15, 0.2) is 5.78 Å². The number of carbonyl (C=O) groups is 1. The lowest BCUT2D eigenvalue weighted by atomic mass is 9.85. The van der Waals surface area contributed by atoms with Crippen molar-refractivity contribution in [1.82, 2.24) is 5.32 Å². The molecular formula is C18H21N3OS. The molecule has 120 valence electrons. The van der Waals surface area contributed by atoms with E-state index in [1.165, 1.54) is 11.3 Å². The molecule has 2 aromatic rings. The summed E-state index contributed by atoms with van der Waals surface area (Å²) in [5.74, 6) is 0.209. The Hall–Kier alpha value is -1.85. The highest BCUT2D eigenvalue weighted by Gasteiger charge is 2.38. The van der Waals surface area contributed by atoms with Crippen molar-refractivity contribution in [3.8, 4) is 0 Å². The predicted molar refractivity (Wildman–Crippen MR) is 95.8 cm³/mol. The smallest absolute Gasteiger partial charge is 0.191 e. The summed E-state index contributed by atoms with van der Waals surface area (Å²) in [6, 6.07) is 12.2. The number of carbonyl (C=O) groups excluding carboxylic acids is 1. The Morgan fingerprint density at radius 2 is 2.00 bits per heavy atom. The number of nitrogens with zero attached hydrogens (tertiary/aromatic N) is 1. The van der Waals surface area contributed by atoms with E-state index in [1.807, 2.05) is 23.6 Å². The summed E-state index contributed by atoms with van der Waals surface area (Å²) in [6.45, 7) is 3.40. The number of ketones is 1. The van der Waals surface area contributed by atoms with Crippen molar-refractivity contribution in [3.63, 3.8) is 0 Å². The molecular weight excluding hydrogens is 306 g/mol. The Morgan fingerprint density at radius 1 is 1.17 bits per heavy atom. The van der Waals surface area contributed by atoms with Gasteiger partial charge in [0.1, 0.15) is 0 Å². The molecule has 23 heavy (non-hydrogen) atoms. The minimum absolute atomic E-state index is 0.0787. The van der Waals surface area contributed by atoms with Crippen molar-refractivity contribution in [2.24, 2.45) is 0 Å². The third-order valence-corrected chi connectivity index (χ3v) is 5.74. The highest BCUT2D eigenvalue weighted by Crippen LogP contribution is 2.38. The van der Waals surface area contributed by atoms with Crippen molar-refractivity contribution in [2.75, 3.05) is 36.4 Å². The number of fused-ring (bicyclic) bond motifs is 1. The van der Waals surface area contributed by atoms with Crippen molar-refractivity contribution in [1.29, 1.82) is 0 Å². The van der Waals surface area contributed by atoms with E-state index in [2.05, 4.69) is 33.7 Å². The second-order valence-electron chi connectivity index (χ2n) is 6.43. The Kier molecular flexibility index (Phi) is 3.83. The summed E-state index contributed by atoms with van der Waals surface area (Å²) in [5.41, 5.74) is 2.37. The van der Waals surface area contributed by atoms with Gasteiger partial charge in [-0.25, -0.2) is 0 Å².